The van der Waals surface area contributed by atoms with Crippen molar-refractivity contribution >= 4 is 22.4 Å². The first kappa shape index (κ1) is 15.5. The van der Waals surface area contributed by atoms with E-state index in [1.54, 1.807) is 0 Å². The van der Waals surface area contributed by atoms with Gasteiger partial charge in [0.05, 0.1) is 5.92 Å². The molecular weight excluding hydrogens is 298 g/mol. The number of fused-ring (bicyclic) bond motifs is 2. The molecule has 0 bridgehead atoms. The first-order valence-electron chi connectivity index (χ1n) is 8.94. The monoisotopic (exact) mass is 323 g/mol. The summed E-state index contributed by atoms with van der Waals surface area (Å²) in [4.78, 5) is 17.7. The third kappa shape index (κ3) is 2.28. The predicted octanol–water partition coefficient (Wildman–Crippen LogP) is 2.87. The maximum atomic E-state index is 11.7. The molecule has 0 unspecified atom stereocenters. The fourth-order valence-electron chi connectivity index (χ4n) is 4.36. The fraction of sp³-hybridized carbons (Fsp3) is 0.450. The molecule has 1 aromatic heterocycles. The van der Waals surface area contributed by atoms with Crippen molar-refractivity contribution in [3.63, 3.8) is 0 Å². The van der Waals surface area contributed by atoms with E-state index >= 15 is 0 Å². The van der Waals surface area contributed by atoms with Crippen LogP contribution in [-0.4, -0.2) is 35.4 Å². The van der Waals surface area contributed by atoms with Crippen molar-refractivity contribution < 1.29 is 4.79 Å². The third-order valence-corrected chi connectivity index (χ3v) is 5.63. The number of carbonyl (C=O) groups is 1. The van der Waals surface area contributed by atoms with Crippen molar-refractivity contribution in [3.8, 4) is 0 Å². The fourth-order valence-corrected chi connectivity index (χ4v) is 4.36. The van der Waals surface area contributed by atoms with Crippen LogP contribution in [0.2, 0.25) is 0 Å². The number of nitrogens with zero attached hydrogens (tertiary/aromatic N) is 1. The minimum atomic E-state index is -0.233. The van der Waals surface area contributed by atoms with E-state index in [1.165, 1.54) is 46.1 Å². The van der Waals surface area contributed by atoms with Gasteiger partial charge in [-0.15, -0.1) is 0 Å². The molecule has 0 radical (unpaired) electrons. The number of benzene rings is 1. The van der Waals surface area contributed by atoms with E-state index in [-0.39, 0.29) is 11.8 Å². The van der Waals surface area contributed by atoms with Crippen molar-refractivity contribution in [3.05, 3.63) is 41.1 Å². The zero-order chi connectivity index (χ0) is 16.8. The number of hydrogen-bond donors (Lipinski definition) is 2. The number of carbonyl (C=O) groups excluding carboxylic acids is 1. The number of aryl methyl sites for hydroxylation is 1. The van der Waals surface area contributed by atoms with Gasteiger partial charge in [0.1, 0.15) is 0 Å². The van der Waals surface area contributed by atoms with E-state index in [2.05, 4.69) is 48.1 Å². The highest BCUT2D eigenvalue weighted by Crippen LogP contribution is 2.42. The Bertz CT molecular complexity index is 833. The molecule has 126 valence electrons. The lowest BCUT2D eigenvalue weighted by molar-refractivity contribution is -0.121. The van der Waals surface area contributed by atoms with E-state index in [0.29, 0.717) is 12.6 Å². The molecule has 1 aliphatic carbocycles. The van der Waals surface area contributed by atoms with E-state index in [9.17, 15) is 4.79 Å². The second-order valence-corrected chi connectivity index (χ2v) is 7.20. The lowest BCUT2D eigenvalue weighted by Gasteiger charge is -2.39. The first-order valence-corrected chi connectivity index (χ1v) is 8.94. The van der Waals surface area contributed by atoms with Crippen LogP contribution in [0.3, 0.4) is 0 Å². The second kappa shape index (κ2) is 5.78. The Balaban J connectivity index is 1.89. The van der Waals surface area contributed by atoms with E-state index in [0.717, 1.165) is 12.8 Å². The molecule has 1 amide bonds. The molecule has 3 N–H and O–H groups in total. The number of unbranched alkanes of at least 4 members (excludes halogenated alkanes) is 1. The van der Waals surface area contributed by atoms with E-state index in [1.807, 2.05) is 0 Å². The summed E-state index contributed by atoms with van der Waals surface area (Å²) in [6.45, 7) is 2.95. The van der Waals surface area contributed by atoms with Crippen molar-refractivity contribution in [2.45, 2.75) is 38.6 Å². The lowest BCUT2D eigenvalue weighted by atomic mass is 9.79. The average Bonchev–Trinajstić information content (AvgIpc) is 2.92. The number of primary amides is 1. The van der Waals surface area contributed by atoms with Gasteiger partial charge >= 0.3 is 0 Å². The number of hydrogen-bond acceptors (Lipinski definition) is 2. The summed E-state index contributed by atoms with van der Waals surface area (Å²) in [5.41, 5.74) is 12.2. The summed E-state index contributed by atoms with van der Waals surface area (Å²) < 4.78 is 0. The number of nitrogens with one attached hydrogen (secondary N) is 1. The van der Waals surface area contributed by atoms with Crippen LogP contribution in [0.25, 0.3) is 16.5 Å². The number of aromatic nitrogens is 1. The zero-order valence-electron chi connectivity index (χ0n) is 14.4. The smallest absolute Gasteiger partial charge is 0.225 e. The van der Waals surface area contributed by atoms with Crippen LogP contribution in [0.15, 0.2) is 24.3 Å². The Kier molecular flexibility index (Phi) is 3.72. The van der Waals surface area contributed by atoms with Gasteiger partial charge in [0, 0.05) is 29.2 Å². The molecule has 2 heterocycles. The van der Waals surface area contributed by atoms with Crippen LogP contribution in [-0.2, 0) is 17.6 Å². The summed E-state index contributed by atoms with van der Waals surface area (Å²) >= 11 is 0. The molecule has 0 saturated carbocycles. The summed E-state index contributed by atoms with van der Waals surface area (Å²) in [5, 5.41) is 1.35. The molecule has 2 atom stereocenters. The Labute approximate surface area is 142 Å². The third-order valence-electron chi connectivity index (χ3n) is 5.63. The molecule has 4 rings (SSSR count). The molecule has 1 aliphatic heterocycles. The van der Waals surface area contributed by atoms with Crippen molar-refractivity contribution in [2.75, 3.05) is 13.6 Å². The molecule has 0 spiro atoms. The Morgan fingerprint density at radius 2 is 2.25 bits per heavy atom. The minimum Gasteiger partial charge on any atom is -0.369 e. The molecule has 0 saturated heterocycles. The molecule has 4 nitrogen and oxygen atoms in total. The van der Waals surface area contributed by atoms with Crippen molar-refractivity contribution in [2.24, 2.45) is 11.7 Å². The molecule has 2 aromatic rings. The van der Waals surface area contributed by atoms with Gasteiger partial charge < -0.3 is 10.7 Å². The number of rotatable bonds is 4. The van der Waals surface area contributed by atoms with Gasteiger partial charge in [-0.1, -0.05) is 31.6 Å². The first-order chi connectivity index (χ1) is 11.6. The van der Waals surface area contributed by atoms with Gasteiger partial charge in [0.25, 0.3) is 0 Å². The number of likely N-dealkylation sites (N-methyl/N-ethyl adjacent to an activating group) is 1. The quantitative estimate of drug-likeness (QED) is 0.909. The van der Waals surface area contributed by atoms with Gasteiger partial charge in [0.2, 0.25) is 5.91 Å². The summed E-state index contributed by atoms with van der Waals surface area (Å²) in [6, 6.07) is 6.81. The van der Waals surface area contributed by atoms with Gasteiger partial charge in [0.15, 0.2) is 0 Å². The van der Waals surface area contributed by atoms with Crippen molar-refractivity contribution in [1.82, 2.24) is 9.88 Å². The largest absolute Gasteiger partial charge is 0.369 e. The predicted molar refractivity (Wildman–Crippen MR) is 97.7 cm³/mol. The topological polar surface area (TPSA) is 62.1 Å². The normalized spacial score (nSPS) is 23.2. The summed E-state index contributed by atoms with van der Waals surface area (Å²) in [7, 11) is 2.11. The summed E-state index contributed by atoms with van der Waals surface area (Å²) in [5.74, 6) is -0.431. The average molecular weight is 323 g/mol. The van der Waals surface area contributed by atoms with Crippen LogP contribution in [0.4, 0.5) is 0 Å². The van der Waals surface area contributed by atoms with Gasteiger partial charge in [-0.05, 0) is 49.1 Å². The van der Waals surface area contributed by atoms with Crippen LogP contribution in [0.1, 0.15) is 36.6 Å². The maximum absolute atomic E-state index is 11.7. The Morgan fingerprint density at radius 1 is 1.42 bits per heavy atom. The zero-order valence-corrected chi connectivity index (χ0v) is 14.4. The highest BCUT2D eigenvalue weighted by atomic mass is 16.1. The van der Waals surface area contributed by atoms with Crippen LogP contribution < -0.4 is 5.73 Å². The Morgan fingerprint density at radius 3 is 3.00 bits per heavy atom. The number of H-pyrrole nitrogens is 1. The van der Waals surface area contributed by atoms with E-state index in [4.69, 9.17) is 5.73 Å². The number of amides is 1. The van der Waals surface area contributed by atoms with Crippen LogP contribution in [0.5, 0.6) is 0 Å². The minimum absolute atomic E-state index is 0.198. The maximum Gasteiger partial charge on any atom is 0.225 e. The number of nitrogens with two attached hydrogens (primary N) is 1. The number of aromatic amines is 1. The van der Waals surface area contributed by atoms with E-state index < -0.39 is 0 Å². The SMILES string of the molecule is CCCCc1[nH]c2cccc3c2c1C[C@@H]1C3=C[C@@H](C(N)=O)CN1C. The van der Waals surface area contributed by atoms with Gasteiger partial charge in [-0.25, -0.2) is 0 Å². The van der Waals surface area contributed by atoms with Crippen LogP contribution >= 0.6 is 0 Å². The molecule has 0 fully saturated rings. The second-order valence-electron chi connectivity index (χ2n) is 7.20. The molecule has 24 heavy (non-hydrogen) atoms. The lowest BCUT2D eigenvalue weighted by Crippen LogP contribution is -2.45. The highest BCUT2D eigenvalue weighted by molar-refractivity contribution is 6.00. The van der Waals surface area contributed by atoms with Gasteiger partial charge in [-0.2, -0.15) is 0 Å². The molecule has 2 aliphatic rings. The summed E-state index contributed by atoms with van der Waals surface area (Å²) in [6.07, 6.45) is 6.66. The molecule has 1 aromatic carbocycles. The van der Waals surface area contributed by atoms with Crippen molar-refractivity contribution in [1.29, 1.82) is 0 Å². The van der Waals surface area contributed by atoms with Crippen LogP contribution in [0, 0.1) is 5.92 Å². The molecule has 4 heteroatoms. The molecular formula is C20H25N3O. The standard InChI is InChI=1S/C20H25N3O/c1-3-4-7-16-15-10-18-14(9-12(20(21)24)11-23(18)2)13-6-5-8-17(22-16)19(13)15/h5-6,8-9,12,18,22H,3-4,7,10-11H2,1-2H3,(H2,21,24)/t12-,18-/m1/s1. The van der Waals surface area contributed by atoms with Gasteiger partial charge in [-0.3, -0.25) is 9.69 Å². The highest BCUT2D eigenvalue weighted by Gasteiger charge is 2.35. The Hall–Kier alpha value is -2.07.